The van der Waals surface area contributed by atoms with E-state index in [0.717, 1.165) is 21.9 Å². The number of rotatable bonds is 10. The van der Waals surface area contributed by atoms with Crippen molar-refractivity contribution in [1.29, 1.82) is 0 Å². The van der Waals surface area contributed by atoms with E-state index in [1.54, 1.807) is 32.4 Å². The average Bonchev–Trinajstić information content (AvgIpc) is 3.42. The summed E-state index contributed by atoms with van der Waals surface area (Å²) in [7, 11) is 3.24. The van der Waals surface area contributed by atoms with Crippen LogP contribution >= 0.6 is 11.3 Å². The predicted molar refractivity (Wildman–Crippen MR) is 133 cm³/mol. The van der Waals surface area contributed by atoms with Crippen LogP contribution in [-0.4, -0.2) is 42.7 Å². The van der Waals surface area contributed by atoms with Crippen molar-refractivity contribution < 1.29 is 23.7 Å². The first-order valence-corrected chi connectivity index (χ1v) is 11.8. The van der Waals surface area contributed by atoms with Crippen LogP contribution in [-0.2, 0) is 11.2 Å². The van der Waals surface area contributed by atoms with Gasteiger partial charge in [0.25, 0.3) is 0 Å². The molecule has 2 heterocycles. The van der Waals surface area contributed by atoms with Crippen molar-refractivity contribution in [3.63, 3.8) is 0 Å². The summed E-state index contributed by atoms with van der Waals surface area (Å²) in [5.74, 6) is 2.54. The maximum Gasteiger partial charge on any atom is 0.230 e. The van der Waals surface area contributed by atoms with Crippen molar-refractivity contribution in [2.24, 2.45) is 0 Å². The highest BCUT2D eigenvalue weighted by molar-refractivity contribution is 7.15. The molecule has 0 saturated carbocycles. The van der Waals surface area contributed by atoms with Crippen molar-refractivity contribution in [3.05, 3.63) is 53.7 Å². The fraction of sp³-hybridized carbons (Fsp3) is 0.280. The van der Waals surface area contributed by atoms with E-state index in [2.05, 4.69) is 5.32 Å². The first-order valence-electron chi connectivity index (χ1n) is 10.9. The molecule has 2 aromatic heterocycles. The molecule has 4 rings (SSSR count). The van der Waals surface area contributed by atoms with Crippen molar-refractivity contribution in [1.82, 2.24) is 9.38 Å². The van der Waals surface area contributed by atoms with Crippen LogP contribution in [0, 0.1) is 0 Å². The normalized spacial score (nSPS) is 10.8. The molecule has 4 aromatic rings. The highest BCUT2D eigenvalue weighted by atomic mass is 32.1. The Morgan fingerprint density at radius 2 is 1.76 bits per heavy atom. The highest BCUT2D eigenvalue weighted by Gasteiger charge is 2.16. The van der Waals surface area contributed by atoms with Crippen molar-refractivity contribution in [3.8, 4) is 34.3 Å². The van der Waals surface area contributed by atoms with E-state index in [-0.39, 0.29) is 12.3 Å². The molecule has 1 N–H and O–H groups in total. The Kier molecular flexibility index (Phi) is 7.22. The quantitative estimate of drug-likeness (QED) is 0.341. The predicted octanol–water partition coefficient (Wildman–Crippen LogP) is 5.06. The smallest absolute Gasteiger partial charge is 0.230 e. The molecule has 2 aromatic carbocycles. The maximum absolute atomic E-state index is 12.8. The Morgan fingerprint density at radius 3 is 2.50 bits per heavy atom. The molecule has 0 aliphatic rings. The van der Waals surface area contributed by atoms with Crippen molar-refractivity contribution in [2.75, 3.05) is 32.8 Å². The molecule has 0 fully saturated rings. The topological polar surface area (TPSA) is 83.3 Å². The first kappa shape index (κ1) is 23.4. The van der Waals surface area contributed by atoms with Crippen LogP contribution in [0.1, 0.15) is 19.5 Å². The third-order valence-corrected chi connectivity index (χ3v) is 6.02. The number of imidazole rings is 1. The third kappa shape index (κ3) is 4.94. The van der Waals surface area contributed by atoms with Crippen LogP contribution in [0.3, 0.4) is 0 Å². The van der Waals surface area contributed by atoms with E-state index >= 15 is 0 Å². The lowest BCUT2D eigenvalue weighted by Gasteiger charge is -2.13. The Morgan fingerprint density at radius 1 is 1.00 bits per heavy atom. The number of anilines is 1. The number of benzene rings is 2. The standard InChI is InChI=1S/C25H27N3O5S/c1-5-32-22-9-7-16(11-23(22)33-6-2)26-24(29)12-17-15-34-25-27-20(14-28(17)25)19-13-18(30-3)8-10-21(19)31-4/h7-11,13-15H,5-6,12H2,1-4H3,(H,26,29). The number of thiazole rings is 1. The summed E-state index contributed by atoms with van der Waals surface area (Å²) < 4.78 is 24.0. The summed E-state index contributed by atoms with van der Waals surface area (Å²) in [6.07, 6.45) is 2.11. The van der Waals surface area contributed by atoms with Gasteiger partial charge in [0.15, 0.2) is 16.5 Å². The van der Waals surface area contributed by atoms with E-state index in [9.17, 15) is 4.79 Å². The summed E-state index contributed by atoms with van der Waals surface area (Å²) in [5, 5.41) is 4.89. The van der Waals surface area contributed by atoms with Crippen molar-refractivity contribution in [2.45, 2.75) is 20.3 Å². The minimum absolute atomic E-state index is 0.138. The molecule has 0 aliphatic heterocycles. The lowest BCUT2D eigenvalue weighted by molar-refractivity contribution is -0.115. The number of nitrogens with one attached hydrogen (secondary N) is 1. The number of fused-ring (bicyclic) bond motifs is 1. The number of amides is 1. The van der Waals surface area contributed by atoms with Gasteiger partial charge in [-0.1, -0.05) is 0 Å². The zero-order valence-corrected chi connectivity index (χ0v) is 20.4. The van der Waals surface area contributed by atoms with Gasteiger partial charge < -0.3 is 24.3 Å². The van der Waals surface area contributed by atoms with Gasteiger partial charge in [-0.3, -0.25) is 9.20 Å². The number of carbonyl (C=O) groups is 1. The van der Waals surface area contributed by atoms with Gasteiger partial charge in [-0.15, -0.1) is 11.3 Å². The minimum Gasteiger partial charge on any atom is -0.497 e. The van der Waals surface area contributed by atoms with Gasteiger partial charge in [-0.25, -0.2) is 4.98 Å². The lowest BCUT2D eigenvalue weighted by Crippen LogP contribution is -2.15. The Bertz CT molecular complexity index is 1300. The second-order valence-corrected chi connectivity index (χ2v) is 8.16. The summed E-state index contributed by atoms with van der Waals surface area (Å²) in [6, 6.07) is 11.0. The second kappa shape index (κ2) is 10.5. The highest BCUT2D eigenvalue weighted by Crippen LogP contribution is 2.34. The van der Waals surface area contributed by atoms with E-state index in [0.29, 0.717) is 41.9 Å². The summed E-state index contributed by atoms with van der Waals surface area (Å²) >= 11 is 1.48. The number of carbonyl (C=O) groups excluding carboxylic acids is 1. The van der Waals surface area contributed by atoms with E-state index < -0.39 is 0 Å². The number of aromatic nitrogens is 2. The van der Waals surface area contributed by atoms with Gasteiger partial charge in [-0.05, 0) is 44.2 Å². The first-order chi connectivity index (χ1) is 16.6. The molecule has 0 saturated heterocycles. The average molecular weight is 482 g/mol. The molecular formula is C25H27N3O5S. The Hall–Kier alpha value is -3.72. The number of nitrogens with zero attached hydrogens (tertiary/aromatic N) is 2. The molecular weight excluding hydrogens is 454 g/mol. The Labute approximate surface area is 202 Å². The summed E-state index contributed by atoms with van der Waals surface area (Å²) in [6.45, 7) is 4.86. The molecule has 0 aliphatic carbocycles. The van der Waals surface area contributed by atoms with Crippen LogP contribution in [0.2, 0.25) is 0 Å². The second-order valence-electron chi connectivity index (χ2n) is 7.32. The van der Waals surface area contributed by atoms with Crippen LogP contribution in [0.25, 0.3) is 16.2 Å². The molecule has 8 nitrogen and oxygen atoms in total. The third-order valence-electron chi connectivity index (χ3n) is 5.13. The van der Waals surface area contributed by atoms with Crippen LogP contribution < -0.4 is 24.3 Å². The zero-order chi connectivity index (χ0) is 24.1. The van der Waals surface area contributed by atoms with E-state index in [1.165, 1.54) is 11.3 Å². The molecule has 0 unspecified atom stereocenters. The minimum atomic E-state index is -0.138. The molecule has 0 radical (unpaired) electrons. The van der Waals surface area contributed by atoms with Crippen molar-refractivity contribution >= 4 is 27.9 Å². The lowest BCUT2D eigenvalue weighted by atomic mass is 10.1. The number of hydrogen-bond acceptors (Lipinski definition) is 7. The molecule has 178 valence electrons. The molecule has 1 amide bonds. The van der Waals surface area contributed by atoms with E-state index in [4.69, 9.17) is 23.9 Å². The molecule has 34 heavy (non-hydrogen) atoms. The number of hydrogen-bond donors (Lipinski definition) is 1. The van der Waals surface area contributed by atoms with Gasteiger partial charge >= 0.3 is 0 Å². The van der Waals surface area contributed by atoms with Gasteiger partial charge in [0.2, 0.25) is 5.91 Å². The SMILES string of the molecule is CCOc1ccc(NC(=O)Cc2csc3nc(-c4cc(OC)ccc4OC)cn23)cc1OCC. The van der Waals surface area contributed by atoms with Gasteiger partial charge in [-0.2, -0.15) is 0 Å². The molecule has 0 spiro atoms. The van der Waals surface area contributed by atoms with Crippen LogP contribution in [0.4, 0.5) is 5.69 Å². The largest absolute Gasteiger partial charge is 0.497 e. The van der Waals surface area contributed by atoms with Gasteiger partial charge in [0.1, 0.15) is 11.5 Å². The zero-order valence-electron chi connectivity index (χ0n) is 19.6. The summed E-state index contributed by atoms with van der Waals surface area (Å²) in [4.78, 5) is 18.3. The summed E-state index contributed by atoms with van der Waals surface area (Å²) in [5.41, 5.74) is 3.06. The maximum atomic E-state index is 12.8. The number of ether oxygens (including phenoxy) is 4. The van der Waals surface area contributed by atoms with Crippen LogP contribution in [0.5, 0.6) is 23.0 Å². The Balaban J connectivity index is 1.54. The molecule has 0 bridgehead atoms. The van der Waals surface area contributed by atoms with Gasteiger partial charge in [0.05, 0.1) is 39.5 Å². The van der Waals surface area contributed by atoms with Gasteiger partial charge in [0, 0.05) is 34.6 Å². The monoisotopic (exact) mass is 481 g/mol. The fourth-order valence-electron chi connectivity index (χ4n) is 3.60. The molecule has 0 atom stereocenters. The number of methoxy groups -OCH3 is 2. The van der Waals surface area contributed by atoms with E-state index in [1.807, 2.05) is 48.0 Å². The fourth-order valence-corrected chi connectivity index (χ4v) is 4.47. The van der Waals surface area contributed by atoms with Crippen LogP contribution in [0.15, 0.2) is 48.0 Å². The molecule has 9 heteroatoms.